The average molecular weight is 226 g/mol. The van der Waals surface area contributed by atoms with E-state index in [1.807, 2.05) is 0 Å². The van der Waals surface area contributed by atoms with Crippen LogP contribution in [-0.4, -0.2) is 10.9 Å². The molecule has 0 radical (unpaired) electrons. The molecule has 80 valence electrons. The zero-order valence-electron chi connectivity index (χ0n) is 8.21. The van der Waals surface area contributed by atoms with E-state index in [1.165, 1.54) is 12.1 Å². The Bertz CT molecular complexity index is 406. The number of anilines is 1. The van der Waals surface area contributed by atoms with E-state index in [0.717, 1.165) is 0 Å². The molecule has 0 aromatic heterocycles. The van der Waals surface area contributed by atoms with Gasteiger partial charge in [-0.1, -0.05) is 18.3 Å². The predicted molar refractivity (Wildman–Crippen MR) is 61.2 cm³/mol. The van der Waals surface area contributed by atoms with Crippen LogP contribution in [0.15, 0.2) is 18.2 Å². The highest BCUT2D eigenvalue weighted by Crippen LogP contribution is 2.17. The van der Waals surface area contributed by atoms with Gasteiger partial charge in [-0.3, -0.25) is 4.79 Å². The topological polar surface area (TPSA) is 55.1 Å². The quantitative estimate of drug-likeness (QED) is 0.772. The van der Waals surface area contributed by atoms with E-state index in [-0.39, 0.29) is 23.1 Å². The van der Waals surface area contributed by atoms with Gasteiger partial charge >= 0.3 is 0 Å². The summed E-state index contributed by atoms with van der Waals surface area (Å²) >= 11 is 4.59. The average Bonchev–Trinajstić information content (AvgIpc) is 2.11. The molecule has 0 spiro atoms. The molecule has 0 aliphatic heterocycles. The van der Waals surface area contributed by atoms with Crippen LogP contribution in [0.2, 0.25) is 0 Å². The summed E-state index contributed by atoms with van der Waals surface area (Å²) in [5.41, 5.74) is 6.05. The third-order valence-electron chi connectivity index (χ3n) is 1.88. The molecule has 0 unspecified atom stereocenters. The molecule has 1 aromatic rings. The lowest BCUT2D eigenvalue weighted by Crippen LogP contribution is -2.20. The van der Waals surface area contributed by atoms with Gasteiger partial charge in [-0.2, -0.15) is 0 Å². The minimum absolute atomic E-state index is 0.0364. The van der Waals surface area contributed by atoms with Gasteiger partial charge in [0.1, 0.15) is 5.82 Å². The zero-order chi connectivity index (χ0) is 11.4. The van der Waals surface area contributed by atoms with Crippen molar-refractivity contribution in [1.82, 2.24) is 0 Å². The van der Waals surface area contributed by atoms with Gasteiger partial charge in [0.2, 0.25) is 5.91 Å². The number of carbonyl (C=O) groups is 1. The molecule has 0 fully saturated rings. The van der Waals surface area contributed by atoms with Crippen molar-refractivity contribution in [2.24, 2.45) is 5.73 Å². The first-order valence-electron chi connectivity index (χ1n) is 4.34. The van der Waals surface area contributed by atoms with Gasteiger partial charge in [-0.15, -0.1) is 0 Å². The van der Waals surface area contributed by atoms with Crippen molar-refractivity contribution >= 4 is 28.8 Å². The second-order valence-corrected chi connectivity index (χ2v) is 3.63. The van der Waals surface area contributed by atoms with Crippen molar-refractivity contribution in [1.29, 1.82) is 0 Å². The van der Waals surface area contributed by atoms with Crippen LogP contribution in [0.4, 0.5) is 10.1 Å². The van der Waals surface area contributed by atoms with Crippen LogP contribution in [-0.2, 0) is 4.79 Å². The molecular weight excluding hydrogens is 215 g/mol. The number of rotatable bonds is 3. The van der Waals surface area contributed by atoms with Gasteiger partial charge in [0, 0.05) is 11.3 Å². The molecule has 0 aliphatic rings. The Morgan fingerprint density at radius 3 is 2.87 bits per heavy atom. The van der Waals surface area contributed by atoms with Crippen LogP contribution in [0.3, 0.4) is 0 Å². The Balaban J connectivity index is 2.77. The van der Waals surface area contributed by atoms with Gasteiger partial charge < -0.3 is 11.1 Å². The van der Waals surface area contributed by atoms with E-state index in [0.29, 0.717) is 11.3 Å². The van der Waals surface area contributed by atoms with Gasteiger partial charge in [0.05, 0.1) is 11.4 Å². The predicted octanol–water partition coefficient (Wildman–Crippen LogP) is 1.75. The lowest BCUT2D eigenvalue weighted by molar-refractivity contribution is -0.115. The van der Waals surface area contributed by atoms with E-state index in [2.05, 4.69) is 17.5 Å². The Hall–Kier alpha value is -1.49. The molecule has 1 aromatic carbocycles. The number of benzene rings is 1. The molecule has 0 heterocycles. The molecule has 0 aliphatic carbocycles. The SMILES string of the molecule is Cc1c(F)cccc1NC(=O)CC(N)=S. The van der Waals surface area contributed by atoms with Crippen molar-refractivity contribution in [3.05, 3.63) is 29.6 Å². The monoisotopic (exact) mass is 226 g/mol. The number of nitrogens with two attached hydrogens (primary N) is 1. The fourth-order valence-electron chi connectivity index (χ4n) is 1.10. The van der Waals surface area contributed by atoms with Crippen molar-refractivity contribution in [3.8, 4) is 0 Å². The lowest BCUT2D eigenvalue weighted by atomic mass is 10.2. The zero-order valence-corrected chi connectivity index (χ0v) is 9.03. The first-order chi connectivity index (χ1) is 7.00. The standard InChI is InChI=1S/C10H11FN2OS/c1-6-7(11)3-2-4-8(6)13-10(14)5-9(12)15/h2-4H,5H2,1H3,(H2,12,15)(H,13,14). The van der Waals surface area contributed by atoms with Gasteiger partial charge in [0.25, 0.3) is 0 Å². The fraction of sp³-hybridized carbons (Fsp3) is 0.200. The van der Waals surface area contributed by atoms with Crippen LogP contribution in [0.25, 0.3) is 0 Å². The normalized spacial score (nSPS) is 9.73. The maximum atomic E-state index is 13.1. The summed E-state index contributed by atoms with van der Waals surface area (Å²) in [6.07, 6.45) is -0.0364. The smallest absolute Gasteiger partial charge is 0.231 e. The first kappa shape index (κ1) is 11.6. The van der Waals surface area contributed by atoms with E-state index < -0.39 is 0 Å². The molecule has 0 saturated heterocycles. The van der Waals surface area contributed by atoms with E-state index in [1.54, 1.807) is 13.0 Å². The summed E-state index contributed by atoms with van der Waals surface area (Å²) in [6.45, 7) is 1.59. The molecule has 0 bridgehead atoms. The molecular formula is C10H11FN2OS. The molecule has 1 rings (SSSR count). The number of halogens is 1. The van der Waals surface area contributed by atoms with Gasteiger partial charge in [-0.05, 0) is 19.1 Å². The molecule has 3 N–H and O–H groups in total. The number of nitrogens with one attached hydrogen (secondary N) is 1. The summed E-state index contributed by atoms with van der Waals surface area (Å²) in [4.78, 5) is 11.4. The molecule has 3 nitrogen and oxygen atoms in total. The summed E-state index contributed by atoms with van der Waals surface area (Å²) < 4.78 is 13.1. The third kappa shape index (κ3) is 3.28. The van der Waals surface area contributed by atoms with Gasteiger partial charge in [-0.25, -0.2) is 4.39 Å². The Morgan fingerprint density at radius 1 is 1.60 bits per heavy atom. The fourth-order valence-corrected chi connectivity index (χ4v) is 1.23. The maximum Gasteiger partial charge on any atom is 0.231 e. The molecule has 1 amide bonds. The molecule has 0 saturated carbocycles. The second-order valence-electron chi connectivity index (χ2n) is 3.10. The van der Waals surface area contributed by atoms with Crippen LogP contribution in [0, 0.1) is 12.7 Å². The summed E-state index contributed by atoms with van der Waals surface area (Å²) in [6, 6.07) is 4.48. The third-order valence-corrected chi connectivity index (χ3v) is 2.02. The number of carbonyl (C=O) groups excluding carboxylic acids is 1. The van der Waals surface area contributed by atoms with Crippen molar-refractivity contribution < 1.29 is 9.18 Å². The van der Waals surface area contributed by atoms with Crippen LogP contribution in [0.1, 0.15) is 12.0 Å². The van der Waals surface area contributed by atoms with Crippen molar-refractivity contribution in [2.75, 3.05) is 5.32 Å². The summed E-state index contributed by atoms with van der Waals surface area (Å²) in [5.74, 6) is -0.695. The lowest BCUT2D eigenvalue weighted by Gasteiger charge is -2.08. The van der Waals surface area contributed by atoms with Gasteiger partial charge in [0.15, 0.2) is 0 Å². The van der Waals surface area contributed by atoms with Crippen molar-refractivity contribution in [2.45, 2.75) is 13.3 Å². The van der Waals surface area contributed by atoms with Crippen LogP contribution in [0.5, 0.6) is 0 Å². The van der Waals surface area contributed by atoms with Crippen molar-refractivity contribution in [3.63, 3.8) is 0 Å². The first-order valence-corrected chi connectivity index (χ1v) is 4.75. The van der Waals surface area contributed by atoms with E-state index in [4.69, 9.17) is 5.73 Å². The molecule has 0 atom stereocenters. The Kier molecular flexibility index (Phi) is 3.74. The van der Waals surface area contributed by atoms with E-state index in [9.17, 15) is 9.18 Å². The van der Waals surface area contributed by atoms with E-state index >= 15 is 0 Å². The second kappa shape index (κ2) is 4.84. The number of hydrogen-bond acceptors (Lipinski definition) is 2. The Labute approximate surface area is 92.5 Å². The maximum absolute atomic E-state index is 13.1. The highest BCUT2D eigenvalue weighted by Gasteiger charge is 2.07. The number of thiocarbonyl (C=S) groups is 1. The largest absolute Gasteiger partial charge is 0.393 e. The summed E-state index contributed by atoms with van der Waals surface area (Å²) in [5, 5.41) is 2.54. The molecule has 5 heteroatoms. The highest BCUT2D eigenvalue weighted by molar-refractivity contribution is 7.80. The van der Waals surface area contributed by atoms with Crippen LogP contribution >= 0.6 is 12.2 Å². The summed E-state index contributed by atoms with van der Waals surface area (Å²) in [7, 11) is 0. The minimum atomic E-state index is -0.358. The number of amides is 1. The Morgan fingerprint density at radius 2 is 2.27 bits per heavy atom. The minimum Gasteiger partial charge on any atom is -0.393 e. The highest BCUT2D eigenvalue weighted by atomic mass is 32.1. The molecule has 15 heavy (non-hydrogen) atoms. The van der Waals surface area contributed by atoms with Crippen LogP contribution < -0.4 is 11.1 Å². The number of hydrogen-bond donors (Lipinski definition) is 2.